The highest BCUT2D eigenvalue weighted by Gasteiger charge is 2.22. The van der Waals surface area contributed by atoms with E-state index in [2.05, 4.69) is 15.6 Å². The summed E-state index contributed by atoms with van der Waals surface area (Å²) < 4.78 is 13.3. The predicted molar refractivity (Wildman–Crippen MR) is 96.7 cm³/mol. The lowest BCUT2D eigenvalue weighted by atomic mass is 10.1. The average molecular weight is 355 g/mol. The van der Waals surface area contributed by atoms with Crippen molar-refractivity contribution in [2.75, 3.05) is 5.32 Å². The van der Waals surface area contributed by atoms with Crippen molar-refractivity contribution in [3.8, 4) is 0 Å². The fourth-order valence-electron chi connectivity index (χ4n) is 2.80. The number of carbonyl (C=O) groups is 2. The highest BCUT2D eigenvalue weighted by atomic mass is 19.1. The van der Waals surface area contributed by atoms with Gasteiger partial charge in [-0.3, -0.25) is 0 Å². The SMILES string of the molecule is Cc1cccc(NC(=O)N[C@H](Cc2c[nH]c3cc(F)ccc23)C(=O)O)c1. The number of halogens is 1. The van der Waals surface area contributed by atoms with E-state index in [0.717, 1.165) is 10.9 Å². The molecule has 0 spiro atoms. The molecule has 0 aliphatic heterocycles. The zero-order valence-electron chi connectivity index (χ0n) is 14.0. The van der Waals surface area contributed by atoms with Gasteiger partial charge in [-0.05, 0) is 48.4 Å². The summed E-state index contributed by atoms with van der Waals surface area (Å²) in [4.78, 5) is 26.6. The molecule has 2 amide bonds. The van der Waals surface area contributed by atoms with Crippen LogP contribution in [0.3, 0.4) is 0 Å². The van der Waals surface area contributed by atoms with E-state index in [0.29, 0.717) is 16.8 Å². The molecule has 6 nitrogen and oxygen atoms in total. The third-order valence-electron chi connectivity index (χ3n) is 4.03. The third kappa shape index (κ3) is 4.00. The first-order valence-electron chi connectivity index (χ1n) is 8.05. The van der Waals surface area contributed by atoms with E-state index in [1.807, 2.05) is 13.0 Å². The summed E-state index contributed by atoms with van der Waals surface area (Å²) in [6, 6.07) is 9.70. The smallest absolute Gasteiger partial charge is 0.326 e. The Balaban J connectivity index is 1.72. The second-order valence-corrected chi connectivity index (χ2v) is 6.07. The van der Waals surface area contributed by atoms with Crippen LogP contribution in [-0.4, -0.2) is 28.1 Å². The molecule has 0 saturated heterocycles. The molecule has 7 heteroatoms. The number of rotatable bonds is 5. The molecule has 0 aliphatic carbocycles. The first kappa shape index (κ1) is 17.5. The largest absolute Gasteiger partial charge is 0.480 e. The van der Waals surface area contributed by atoms with E-state index in [4.69, 9.17) is 0 Å². The van der Waals surface area contributed by atoms with Crippen LogP contribution in [0.15, 0.2) is 48.7 Å². The molecule has 1 atom stereocenters. The first-order chi connectivity index (χ1) is 12.4. The van der Waals surface area contributed by atoms with Gasteiger partial charge in [0.15, 0.2) is 0 Å². The molecule has 0 unspecified atom stereocenters. The van der Waals surface area contributed by atoms with E-state index in [1.165, 1.54) is 12.1 Å². The van der Waals surface area contributed by atoms with Gasteiger partial charge >= 0.3 is 12.0 Å². The van der Waals surface area contributed by atoms with Crippen LogP contribution in [-0.2, 0) is 11.2 Å². The highest BCUT2D eigenvalue weighted by Crippen LogP contribution is 2.20. The van der Waals surface area contributed by atoms with E-state index in [-0.39, 0.29) is 12.2 Å². The van der Waals surface area contributed by atoms with Crippen LogP contribution < -0.4 is 10.6 Å². The zero-order chi connectivity index (χ0) is 18.7. The van der Waals surface area contributed by atoms with Gasteiger partial charge in [-0.15, -0.1) is 0 Å². The van der Waals surface area contributed by atoms with Crippen molar-refractivity contribution in [2.45, 2.75) is 19.4 Å². The maximum Gasteiger partial charge on any atom is 0.326 e. The van der Waals surface area contributed by atoms with Crippen LogP contribution in [0, 0.1) is 12.7 Å². The standard InChI is InChI=1S/C19H18FN3O3/c1-11-3-2-4-14(7-11)22-19(26)23-17(18(24)25)8-12-10-21-16-9-13(20)5-6-15(12)16/h2-7,9-10,17,21H,8H2,1H3,(H,24,25)(H2,22,23,26)/t17-/m1/s1. The minimum Gasteiger partial charge on any atom is -0.480 e. The molecule has 3 rings (SSSR count). The Hall–Kier alpha value is -3.35. The second-order valence-electron chi connectivity index (χ2n) is 6.07. The molecule has 0 bridgehead atoms. The van der Waals surface area contributed by atoms with Gasteiger partial charge in [-0.25, -0.2) is 14.0 Å². The monoisotopic (exact) mass is 355 g/mol. The maximum atomic E-state index is 13.3. The number of carbonyl (C=O) groups excluding carboxylic acids is 1. The summed E-state index contributed by atoms with van der Waals surface area (Å²) in [6.07, 6.45) is 1.70. The number of anilines is 1. The predicted octanol–water partition coefficient (Wildman–Crippen LogP) is 3.43. The first-order valence-corrected chi connectivity index (χ1v) is 8.05. The fourth-order valence-corrected chi connectivity index (χ4v) is 2.80. The van der Waals surface area contributed by atoms with Gasteiger partial charge < -0.3 is 20.7 Å². The molecule has 0 fully saturated rings. The second kappa shape index (κ2) is 7.26. The lowest BCUT2D eigenvalue weighted by molar-refractivity contribution is -0.139. The Bertz CT molecular complexity index is 968. The molecule has 4 N–H and O–H groups in total. The van der Waals surface area contributed by atoms with E-state index >= 15 is 0 Å². The molecule has 1 heterocycles. The van der Waals surface area contributed by atoms with Crippen LogP contribution in [0.2, 0.25) is 0 Å². The van der Waals surface area contributed by atoms with E-state index in [1.54, 1.807) is 30.5 Å². The Labute approximate surface area is 149 Å². The number of fused-ring (bicyclic) bond motifs is 1. The summed E-state index contributed by atoms with van der Waals surface area (Å²) in [7, 11) is 0. The number of benzene rings is 2. The van der Waals surface area contributed by atoms with Gasteiger partial charge in [-0.2, -0.15) is 0 Å². The third-order valence-corrected chi connectivity index (χ3v) is 4.03. The number of H-pyrrole nitrogens is 1. The highest BCUT2D eigenvalue weighted by molar-refractivity contribution is 5.92. The van der Waals surface area contributed by atoms with Crippen molar-refractivity contribution < 1.29 is 19.1 Å². The summed E-state index contributed by atoms with van der Waals surface area (Å²) in [5.74, 6) is -1.53. The van der Waals surface area contributed by atoms with Crippen molar-refractivity contribution in [1.29, 1.82) is 0 Å². The van der Waals surface area contributed by atoms with Gasteiger partial charge in [-0.1, -0.05) is 12.1 Å². The van der Waals surface area contributed by atoms with Crippen LogP contribution in [0.5, 0.6) is 0 Å². The molecule has 26 heavy (non-hydrogen) atoms. The van der Waals surface area contributed by atoms with Crippen molar-refractivity contribution >= 4 is 28.6 Å². The molecule has 2 aromatic carbocycles. The summed E-state index contributed by atoms with van der Waals surface area (Å²) in [5.41, 5.74) is 2.81. The molecular formula is C19H18FN3O3. The minimum absolute atomic E-state index is 0.0716. The number of carboxylic acids is 1. The topological polar surface area (TPSA) is 94.2 Å². The zero-order valence-corrected chi connectivity index (χ0v) is 14.0. The molecular weight excluding hydrogens is 337 g/mol. The van der Waals surface area contributed by atoms with Crippen molar-refractivity contribution in [1.82, 2.24) is 10.3 Å². The Morgan fingerprint density at radius 3 is 2.77 bits per heavy atom. The van der Waals surface area contributed by atoms with Gasteiger partial charge in [0.2, 0.25) is 0 Å². The van der Waals surface area contributed by atoms with Gasteiger partial charge in [0.1, 0.15) is 11.9 Å². The maximum absolute atomic E-state index is 13.3. The Morgan fingerprint density at radius 2 is 2.04 bits per heavy atom. The fraction of sp³-hybridized carbons (Fsp3) is 0.158. The van der Waals surface area contributed by atoms with Crippen LogP contribution >= 0.6 is 0 Å². The summed E-state index contributed by atoms with van der Waals surface area (Å²) in [5, 5.41) is 15.2. The number of nitrogens with one attached hydrogen (secondary N) is 3. The number of aliphatic carboxylic acids is 1. The van der Waals surface area contributed by atoms with Crippen molar-refractivity contribution in [3.63, 3.8) is 0 Å². The molecule has 134 valence electrons. The lowest BCUT2D eigenvalue weighted by Gasteiger charge is -2.15. The molecule has 0 aliphatic rings. The quantitative estimate of drug-likeness (QED) is 0.565. The Morgan fingerprint density at radius 1 is 1.23 bits per heavy atom. The number of hydrogen-bond donors (Lipinski definition) is 4. The number of aromatic nitrogens is 1. The normalized spacial score (nSPS) is 11.9. The van der Waals surface area contributed by atoms with Crippen LogP contribution in [0.25, 0.3) is 10.9 Å². The number of aryl methyl sites for hydroxylation is 1. The van der Waals surface area contributed by atoms with Gasteiger partial charge in [0.25, 0.3) is 0 Å². The number of carboxylic acid groups (broad SMARTS) is 1. The number of hydrogen-bond acceptors (Lipinski definition) is 2. The van der Waals surface area contributed by atoms with Gasteiger partial charge in [0.05, 0.1) is 0 Å². The van der Waals surface area contributed by atoms with Crippen molar-refractivity contribution in [3.05, 3.63) is 65.6 Å². The number of amides is 2. The van der Waals surface area contributed by atoms with E-state index in [9.17, 15) is 19.1 Å². The summed E-state index contributed by atoms with van der Waals surface area (Å²) >= 11 is 0. The molecule has 1 aromatic heterocycles. The minimum atomic E-state index is -1.15. The Kier molecular flexibility index (Phi) is 4.88. The molecule has 0 saturated carbocycles. The molecule has 3 aromatic rings. The summed E-state index contributed by atoms with van der Waals surface area (Å²) in [6.45, 7) is 1.89. The van der Waals surface area contributed by atoms with Gasteiger partial charge in [0, 0.05) is 29.2 Å². The van der Waals surface area contributed by atoms with E-state index < -0.39 is 18.0 Å². The van der Waals surface area contributed by atoms with Crippen LogP contribution in [0.4, 0.5) is 14.9 Å². The number of urea groups is 1. The van der Waals surface area contributed by atoms with Crippen molar-refractivity contribution in [2.24, 2.45) is 0 Å². The lowest BCUT2D eigenvalue weighted by Crippen LogP contribution is -2.44. The molecule has 0 radical (unpaired) electrons. The average Bonchev–Trinajstić information content (AvgIpc) is 2.96. The number of aromatic amines is 1. The van der Waals surface area contributed by atoms with Crippen LogP contribution in [0.1, 0.15) is 11.1 Å².